The number of nitrogens with zero attached hydrogens (tertiary/aromatic N) is 2. The highest BCUT2D eigenvalue weighted by atomic mass is 16.4. The summed E-state index contributed by atoms with van der Waals surface area (Å²) in [4.78, 5) is 3.92. The lowest BCUT2D eigenvalue weighted by Crippen LogP contribution is -2.02. The van der Waals surface area contributed by atoms with Gasteiger partial charge in [0.25, 0.3) is 0 Å². The fraction of sp³-hybridized carbons (Fsp3) is 0. The molecule has 0 aliphatic rings. The Balaban J connectivity index is 2.44. The van der Waals surface area contributed by atoms with Gasteiger partial charge in [-0.3, -0.25) is 4.98 Å². The minimum absolute atomic E-state index is 0.554. The van der Waals surface area contributed by atoms with Crippen molar-refractivity contribution in [3.8, 4) is 0 Å². The lowest BCUT2D eigenvalue weighted by molar-refractivity contribution is 0.319. The number of hydrogen-bond acceptors (Lipinski definition) is 3. The van der Waals surface area contributed by atoms with Crippen LogP contribution in [0.25, 0.3) is 0 Å². The largest absolute Gasteiger partial charge is 0.410 e. The lowest BCUT2D eigenvalue weighted by atomic mass is 10.0. The van der Waals surface area contributed by atoms with Gasteiger partial charge in [0, 0.05) is 23.5 Å². The van der Waals surface area contributed by atoms with Gasteiger partial charge in [0.1, 0.15) is 5.71 Å². The Kier molecular flexibility index (Phi) is 2.74. The zero-order chi connectivity index (χ0) is 10.5. The van der Waals surface area contributed by atoms with Crippen molar-refractivity contribution in [3.63, 3.8) is 0 Å². The standard InChI is InChI=1S/C12H10N2O/c15-14-12(10-4-2-1-3-5-10)11-6-8-13-9-7-11/h1-9,15H/b14-12+. The molecule has 1 aromatic heterocycles. The van der Waals surface area contributed by atoms with Crippen LogP contribution in [0, 0.1) is 0 Å². The van der Waals surface area contributed by atoms with Gasteiger partial charge in [0.15, 0.2) is 0 Å². The summed E-state index contributed by atoms with van der Waals surface area (Å²) in [6.45, 7) is 0. The van der Waals surface area contributed by atoms with Crippen LogP contribution in [0.2, 0.25) is 0 Å². The maximum atomic E-state index is 9.00. The van der Waals surface area contributed by atoms with E-state index < -0.39 is 0 Å². The van der Waals surface area contributed by atoms with Crippen molar-refractivity contribution in [2.45, 2.75) is 0 Å². The molecule has 0 spiro atoms. The topological polar surface area (TPSA) is 45.5 Å². The summed E-state index contributed by atoms with van der Waals surface area (Å²) in [5.74, 6) is 0. The molecule has 0 atom stereocenters. The van der Waals surface area contributed by atoms with E-state index in [0.29, 0.717) is 5.71 Å². The maximum Gasteiger partial charge on any atom is 0.117 e. The van der Waals surface area contributed by atoms with Crippen molar-refractivity contribution in [1.29, 1.82) is 0 Å². The molecule has 0 bridgehead atoms. The monoisotopic (exact) mass is 198 g/mol. The number of hydrogen-bond donors (Lipinski definition) is 1. The first-order valence-corrected chi connectivity index (χ1v) is 4.59. The zero-order valence-corrected chi connectivity index (χ0v) is 8.04. The van der Waals surface area contributed by atoms with Gasteiger partial charge in [-0.05, 0) is 12.1 Å². The molecule has 3 heteroatoms. The molecule has 15 heavy (non-hydrogen) atoms. The van der Waals surface area contributed by atoms with Crippen LogP contribution in [0.4, 0.5) is 0 Å². The smallest absolute Gasteiger partial charge is 0.117 e. The molecule has 0 aliphatic heterocycles. The molecular weight excluding hydrogens is 188 g/mol. The molecule has 0 fully saturated rings. The SMILES string of the molecule is O/N=C(\c1ccccc1)c1ccncc1. The molecule has 0 saturated carbocycles. The van der Waals surface area contributed by atoms with E-state index in [1.807, 2.05) is 42.5 Å². The highest BCUT2D eigenvalue weighted by Crippen LogP contribution is 2.09. The average molecular weight is 198 g/mol. The van der Waals surface area contributed by atoms with Crippen LogP contribution in [0.1, 0.15) is 11.1 Å². The Labute approximate surface area is 87.7 Å². The van der Waals surface area contributed by atoms with Crippen molar-refractivity contribution in [2.75, 3.05) is 0 Å². The van der Waals surface area contributed by atoms with E-state index in [1.54, 1.807) is 12.4 Å². The van der Waals surface area contributed by atoms with Crippen molar-refractivity contribution in [3.05, 3.63) is 66.0 Å². The number of rotatable bonds is 2. The maximum absolute atomic E-state index is 9.00. The third kappa shape index (κ3) is 2.02. The van der Waals surface area contributed by atoms with Gasteiger partial charge in [-0.15, -0.1) is 0 Å². The lowest BCUT2D eigenvalue weighted by Gasteiger charge is -2.03. The van der Waals surface area contributed by atoms with E-state index in [-0.39, 0.29) is 0 Å². The van der Waals surface area contributed by atoms with Gasteiger partial charge >= 0.3 is 0 Å². The van der Waals surface area contributed by atoms with Crippen LogP contribution < -0.4 is 0 Å². The molecule has 74 valence electrons. The summed E-state index contributed by atoms with van der Waals surface area (Å²) >= 11 is 0. The van der Waals surface area contributed by atoms with Crippen molar-refractivity contribution >= 4 is 5.71 Å². The molecule has 0 saturated heterocycles. The molecule has 0 radical (unpaired) electrons. The first-order chi connectivity index (χ1) is 7.42. The minimum Gasteiger partial charge on any atom is -0.410 e. The normalized spacial score (nSPS) is 11.3. The van der Waals surface area contributed by atoms with Gasteiger partial charge in [-0.2, -0.15) is 0 Å². The van der Waals surface area contributed by atoms with E-state index in [2.05, 4.69) is 10.1 Å². The first-order valence-electron chi connectivity index (χ1n) is 4.59. The van der Waals surface area contributed by atoms with E-state index in [1.165, 1.54) is 0 Å². The minimum atomic E-state index is 0.554. The summed E-state index contributed by atoms with van der Waals surface area (Å²) < 4.78 is 0. The molecule has 2 aromatic rings. The second kappa shape index (κ2) is 4.37. The third-order valence-electron chi connectivity index (χ3n) is 2.10. The number of aromatic nitrogens is 1. The summed E-state index contributed by atoms with van der Waals surface area (Å²) in [5.41, 5.74) is 2.28. The van der Waals surface area contributed by atoms with Crippen LogP contribution in [0.3, 0.4) is 0 Å². The molecule has 0 unspecified atom stereocenters. The van der Waals surface area contributed by atoms with Gasteiger partial charge in [0.2, 0.25) is 0 Å². The Hall–Kier alpha value is -2.16. The van der Waals surface area contributed by atoms with Crippen LogP contribution >= 0.6 is 0 Å². The molecule has 1 aromatic carbocycles. The second-order valence-electron chi connectivity index (χ2n) is 3.05. The van der Waals surface area contributed by atoms with Crippen molar-refractivity contribution < 1.29 is 5.21 Å². The average Bonchev–Trinajstić information content (AvgIpc) is 2.33. The fourth-order valence-electron chi connectivity index (χ4n) is 1.39. The van der Waals surface area contributed by atoms with Crippen LogP contribution in [0.5, 0.6) is 0 Å². The summed E-state index contributed by atoms with van der Waals surface area (Å²) in [5, 5.41) is 12.3. The number of benzene rings is 1. The molecule has 0 aliphatic carbocycles. The zero-order valence-electron chi connectivity index (χ0n) is 8.04. The molecular formula is C12H10N2O. The summed E-state index contributed by atoms with van der Waals surface area (Å²) in [6.07, 6.45) is 3.34. The van der Waals surface area contributed by atoms with Crippen LogP contribution in [0.15, 0.2) is 60.0 Å². The van der Waals surface area contributed by atoms with Crippen LogP contribution in [-0.4, -0.2) is 15.9 Å². The molecule has 3 nitrogen and oxygen atoms in total. The summed E-state index contributed by atoms with van der Waals surface area (Å²) in [7, 11) is 0. The highest BCUT2D eigenvalue weighted by molar-refractivity contribution is 6.12. The number of oxime groups is 1. The second-order valence-corrected chi connectivity index (χ2v) is 3.05. The Morgan fingerprint density at radius 2 is 1.53 bits per heavy atom. The van der Waals surface area contributed by atoms with Gasteiger partial charge < -0.3 is 5.21 Å². The predicted octanol–water partition coefficient (Wildman–Crippen LogP) is 2.31. The highest BCUT2D eigenvalue weighted by Gasteiger charge is 2.05. The van der Waals surface area contributed by atoms with Gasteiger partial charge in [0.05, 0.1) is 0 Å². The molecule has 1 heterocycles. The van der Waals surface area contributed by atoms with E-state index in [4.69, 9.17) is 5.21 Å². The Bertz CT molecular complexity index is 410. The van der Waals surface area contributed by atoms with E-state index in [0.717, 1.165) is 11.1 Å². The Morgan fingerprint density at radius 3 is 2.13 bits per heavy atom. The quantitative estimate of drug-likeness (QED) is 0.457. The molecule has 0 amide bonds. The molecule has 1 N–H and O–H groups in total. The van der Waals surface area contributed by atoms with Gasteiger partial charge in [-0.1, -0.05) is 35.5 Å². The molecule has 2 rings (SSSR count). The van der Waals surface area contributed by atoms with Crippen molar-refractivity contribution in [1.82, 2.24) is 4.98 Å². The van der Waals surface area contributed by atoms with E-state index >= 15 is 0 Å². The number of pyridine rings is 1. The first kappa shape index (κ1) is 9.40. The van der Waals surface area contributed by atoms with Crippen LogP contribution in [-0.2, 0) is 0 Å². The van der Waals surface area contributed by atoms with E-state index in [9.17, 15) is 0 Å². The third-order valence-corrected chi connectivity index (χ3v) is 2.10. The van der Waals surface area contributed by atoms with Gasteiger partial charge in [-0.25, -0.2) is 0 Å². The summed E-state index contributed by atoms with van der Waals surface area (Å²) in [6, 6.07) is 13.1. The Morgan fingerprint density at radius 1 is 0.933 bits per heavy atom. The van der Waals surface area contributed by atoms with Crippen molar-refractivity contribution in [2.24, 2.45) is 5.16 Å². The predicted molar refractivity (Wildman–Crippen MR) is 58.1 cm³/mol. The fourth-order valence-corrected chi connectivity index (χ4v) is 1.39.